The minimum atomic E-state index is -4.83. The molecule has 2 aliphatic rings. The molecule has 1 saturated carbocycles. The molecule has 4 heterocycles. The quantitative estimate of drug-likeness (QED) is 0.238. The molecule has 3 aromatic heterocycles. The molecule has 0 bridgehead atoms. The molecule has 1 aliphatic heterocycles. The maximum atomic E-state index is 13.8. The number of carbonyl (C=O) groups excluding carboxylic acids is 1. The van der Waals surface area contributed by atoms with Crippen molar-refractivity contribution >= 4 is 22.8 Å². The van der Waals surface area contributed by atoms with Crippen LogP contribution in [0.3, 0.4) is 0 Å². The number of piperidine rings is 1. The summed E-state index contributed by atoms with van der Waals surface area (Å²) in [7, 11) is 0. The van der Waals surface area contributed by atoms with Gasteiger partial charge in [-0.1, -0.05) is 0 Å². The third-order valence-electron chi connectivity index (χ3n) is 7.32. The zero-order valence-electron chi connectivity index (χ0n) is 22.0. The van der Waals surface area contributed by atoms with Crippen LogP contribution in [-0.4, -0.2) is 71.6 Å². The molecule has 6 rings (SSSR count). The van der Waals surface area contributed by atoms with E-state index in [-0.39, 0.29) is 47.0 Å². The van der Waals surface area contributed by atoms with Gasteiger partial charge < -0.3 is 0 Å². The Hall–Kier alpha value is -3.79. The van der Waals surface area contributed by atoms with E-state index >= 15 is 0 Å². The SMILES string of the molecule is CC(C)([AsH2])c1cc(O[C@@H]2[C@@H]3CN(C(=O)c4cn(-c5ncccn5)nc4C(F)(F)F)C[C@@H]32)nc(-c2ccc(F)cc2)c1. The van der Waals surface area contributed by atoms with Crippen LogP contribution in [0.5, 0.6) is 5.88 Å². The van der Waals surface area contributed by atoms with Crippen LogP contribution in [0.1, 0.15) is 35.5 Å². The van der Waals surface area contributed by atoms with Crippen molar-refractivity contribution in [3.05, 3.63) is 83.7 Å². The van der Waals surface area contributed by atoms with E-state index in [1.807, 2.05) is 12.1 Å². The Kier molecular flexibility index (Phi) is 6.64. The number of fused-ring (bicyclic) bond motifs is 1. The second-order valence-electron chi connectivity index (χ2n) is 10.8. The number of pyridine rings is 1. The molecule has 13 heteroatoms. The van der Waals surface area contributed by atoms with Crippen molar-refractivity contribution in [3.63, 3.8) is 0 Å². The van der Waals surface area contributed by atoms with Gasteiger partial charge >= 0.3 is 184 Å². The summed E-state index contributed by atoms with van der Waals surface area (Å²) < 4.78 is 61.8. The van der Waals surface area contributed by atoms with E-state index in [9.17, 15) is 22.4 Å². The molecule has 1 amide bonds. The fraction of sp³-hybridized carbons (Fsp3) is 0.321. The topological polar surface area (TPSA) is 86.0 Å². The van der Waals surface area contributed by atoms with Crippen LogP contribution in [0, 0.1) is 17.7 Å². The van der Waals surface area contributed by atoms with Crippen molar-refractivity contribution in [2.45, 2.75) is 30.3 Å². The van der Waals surface area contributed by atoms with Crippen LogP contribution in [0.15, 0.2) is 61.1 Å². The fourth-order valence-corrected chi connectivity index (χ4v) is 5.43. The summed E-state index contributed by atoms with van der Waals surface area (Å²) >= 11 is 1.53. The number of likely N-dealkylation sites (tertiary alicyclic amines) is 1. The summed E-state index contributed by atoms with van der Waals surface area (Å²) in [4.78, 5) is 27.1. The Morgan fingerprint density at radius 3 is 2.32 bits per heavy atom. The number of alkyl halides is 3. The standard InChI is InChI=1S/C28H25AsF4N6O2/c1-27(2,29)16-10-21(15-4-6-17(30)7-5-15)36-22(11-16)41-23-18-12-38(13-19(18)23)25(40)20-14-39(26-34-8-3-9-35-26)37-24(20)28(31,32)33/h3-11,14,18-19,23H,12-13,29H2,1-2H3/t18-,19+,23-. The maximum absolute atomic E-state index is 13.8. The predicted octanol–water partition coefficient (Wildman–Crippen LogP) is 3.90. The van der Waals surface area contributed by atoms with E-state index < -0.39 is 23.3 Å². The number of amides is 1. The van der Waals surface area contributed by atoms with Crippen molar-refractivity contribution in [3.8, 4) is 23.1 Å². The summed E-state index contributed by atoms with van der Waals surface area (Å²) in [5.74, 6) is -0.791. The first-order valence-electron chi connectivity index (χ1n) is 12.9. The van der Waals surface area contributed by atoms with Crippen LogP contribution >= 0.6 is 0 Å². The van der Waals surface area contributed by atoms with E-state index in [4.69, 9.17) is 4.74 Å². The van der Waals surface area contributed by atoms with Gasteiger partial charge in [-0.15, -0.1) is 0 Å². The van der Waals surface area contributed by atoms with Crippen molar-refractivity contribution in [1.29, 1.82) is 0 Å². The van der Waals surface area contributed by atoms with E-state index in [2.05, 4.69) is 33.9 Å². The van der Waals surface area contributed by atoms with Gasteiger partial charge in [-0.05, 0) is 6.07 Å². The Balaban J connectivity index is 1.19. The molecular weight excluding hydrogens is 603 g/mol. The average Bonchev–Trinajstić information content (AvgIpc) is 3.29. The number of ether oxygens (including phenoxy) is 1. The first-order valence-corrected chi connectivity index (χ1v) is 14.1. The van der Waals surface area contributed by atoms with Gasteiger partial charge in [-0.2, -0.15) is 18.3 Å². The fourth-order valence-electron chi connectivity index (χ4n) is 5.08. The molecule has 8 nitrogen and oxygen atoms in total. The molecule has 1 unspecified atom stereocenters. The Labute approximate surface area is 241 Å². The average molecular weight is 628 g/mol. The molecule has 1 aromatic carbocycles. The van der Waals surface area contributed by atoms with Crippen molar-refractivity contribution in [2.75, 3.05) is 13.1 Å². The summed E-state index contributed by atoms with van der Waals surface area (Å²) in [6, 6.07) is 11.5. The molecular formula is C28H25AsF4N6O2. The van der Waals surface area contributed by atoms with Crippen LogP contribution in [0.25, 0.3) is 17.2 Å². The van der Waals surface area contributed by atoms with Gasteiger partial charge in [-0.25, -0.2) is 14.6 Å². The van der Waals surface area contributed by atoms with Crippen molar-refractivity contribution in [1.82, 2.24) is 29.6 Å². The second-order valence-corrected chi connectivity index (χ2v) is 13.8. The van der Waals surface area contributed by atoms with Crippen molar-refractivity contribution < 1.29 is 27.1 Å². The van der Waals surface area contributed by atoms with E-state index in [0.29, 0.717) is 11.6 Å². The van der Waals surface area contributed by atoms with Crippen molar-refractivity contribution in [2.24, 2.45) is 11.8 Å². The van der Waals surface area contributed by atoms with Gasteiger partial charge in [0.2, 0.25) is 5.95 Å². The first kappa shape index (κ1) is 27.4. The molecule has 4 atom stereocenters. The summed E-state index contributed by atoms with van der Waals surface area (Å²) in [5.41, 5.74) is 0.605. The molecule has 0 radical (unpaired) electrons. The van der Waals surface area contributed by atoms with E-state index in [1.54, 1.807) is 12.1 Å². The zero-order valence-corrected chi connectivity index (χ0v) is 24.4. The van der Waals surface area contributed by atoms with Gasteiger partial charge in [0.1, 0.15) is 0 Å². The molecule has 1 aliphatic carbocycles. The molecule has 0 N–H and O–H groups in total. The van der Waals surface area contributed by atoms with Gasteiger partial charge in [-0.3, -0.25) is 0 Å². The Bertz CT molecular complexity index is 1590. The van der Waals surface area contributed by atoms with Crippen LogP contribution in [-0.2, 0) is 10.4 Å². The van der Waals surface area contributed by atoms with Crippen LogP contribution in [0.2, 0.25) is 0 Å². The van der Waals surface area contributed by atoms with Gasteiger partial charge in [0.05, 0.1) is 0 Å². The third kappa shape index (κ3) is 5.45. The number of aromatic nitrogens is 5. The number of nitrogens with zero attached hydrogens (tertiary/aromatic N) is 6. The van der Waals surface area contributed by atoms with Crippen LogP contribution < -0.4 is 4.74 Å². The number of hydrogen-bond donors (Lipinski definition) is 0. The summed E-state index contributed by atoms with van der Waals surface area (Å²) in [5, 5.41) is 3.58. The molecule has 1 saturated heterocycles. The van der Waals surface area contributed by atoms with E-state index in [1.165, 1.54) is 52.3 Å². The monoisotopic (exact) mass is 628 g/mol. The molecule has 4 aromatic rings. The minimum absolute atomic E-state index is 0.0284. The third-order valence-corrected chi connectivity index (χ3v) is 8.01. The van der Waals surface area contributed by atoms with E-state index in [0.717, 1.165) is 22.0 Å². The molecule has 41 heavy (non-hydrogen) atoms. The molecule has 0 spiro atoms. The predicted molar refractivity (Wildman–Crippen MR) is 143 cm³/mol. The summed E-state index contributed by atoms with van der Waals surface area (Å²) in [6.07, 6.45) is -1.26. The zero-order chi connectivity index (χ0) is 29.1. The molecule has 212 valence electrons. The Morgan fingerprint density at radius 2 is 1.71 bits per heavy atom. The number of halogens is 4. The second kappa shape index (κ2) is 9.94. The van der Waals surface area contributed by atoms with Gasteiger partial charge in [0, 0.05) is 12.4 Å². The first-order chi connectivity index (χ1) is 19.4. The summed E-state index contributed by atoms with van der Waals surface area (Å²) in [6.45, 7) is 4.70. The Morgan fingerprint density at radius 1 is 1.05 bits per heavy atom. The number of carbonyl (C=O) groups is 1. The van der Waals surface area contributed by atoms with Gasteiger partial charge in [0.15, 0.2) is 0 Å². The van der Waals surface area contributed by atoms with Gasteiger partial charge in [0.25, 0.3) is 0 Å². The number of hydrogen-bond acceptors (Lipinski definition) is 6. The normalized spacial score (nSPS) is 20.2. The number of benzene rings is 1. The number of rotatable bonds is 6. The van der Waals surface area contributed by atoms with Crippen LogP contribution in [0.4, 0.5) is 17.6 Å². The molecule has 2 fully saturated rings.